The first-order valence-corrected chi connectivity index (χ1v) is 8.62. The number of carboxylic acids is 1. The van der Waals surface area contributed by atoms with Crippen LogP contribution in [-0.4, -0.2) is 38.1 Å². The second-order valence-corrected chi connectivity index (χ2v) is 7.21. The van der Waals surface area contributed by atoms with Gasteiger partial charge in [-0.2, -0.15) is 0 Å². The van der Waals surface area contributed by atoms with Gasteiger partial charge in [-0.15, -0.1) is 11.8 Å². The summed E-state index contributed by atoms with van der Waals surface area (Å²) in [5.74, 6) is -0.711. The third kappa shape index (κ3) is 2.78. The molecule has 2 heterocycles. The molecule has 1 unspecified atom stereocenters. The van der Waals surface area contributed by atoms with Crippen LogP contribution in [0.1, 0.15) is 23.2 Å². The van der Waals surface area contributed by atoms with Crippen molar-refractivity contribution in [2.75, 3.05) is 5.75 Å². The van der Waals surface area contributed by atoms with Gasteiger partial charge in [-0.05, 0) is 6.42 Å². The molecule has 1 aromatic carbocycles. The number of rotatable bonds is 5. The van der Waals surface area contributed by atoms with E-state index in [0.717, 1.165) is 0 Å². The van der Waals surface area contributed by atoms with Crippen LogP contribution in [0.3, 0.4) is 0 Å². The van der Waals surface area contributed by atoms with E-state index in [0.29, 0.717) is 29.1 Å². The van der Waals surface area contributed by atoms with Gasteiger partial charge in [-0.25, -0.2) is 4.79 Å². The average Bonchev–Trinajstić information content (AvgIpc) is 2.80. The summed E-state index contributed by atoms with van der Waals surface area (Å²) in [7, 11) is 0. The SMILES string of the molecule is O=C(O)C1=C(CCSC(=O)c2ccccc2)SC2CC(=O)N12. The number of β-lactam (4-membered cyclic amide) rings is 1. The van der Waals surface area contributed by atoms with E-state index in [-0.39, 0.29) is 22.1 Å². The molecule has 0 bridgehead atoms. The molecule has 22 heavy (non-hydrogen) atoms. The molecule has 7 heteroatoms. The van der Waals surface area contributed by atoms with Crippen LogP contribution in [0, 0.1) is 0 Å². The number of allylic oxidation sites excluding steroid dienone is 1. The molecule has 0 spiro atoms. The van der Waals surface area contributed by atoms with Gasteiger partial charge < -0.3 is 5.11 Å². The number of benzene rings is 1. The molecule has 0 aromatic heterocycles. The second-order valence-electron chi connectivity index (χ2n) is 4.87. The van der Waals surface area contributed by atoms with Gasteiger partial charge in [0.2, 0.25) is 11.0 Å². The van der Waals surface area contributed by atoms with E-state index in [1.54, 1.807) is 12.1 Å². The molecular formula is C15H13NO4S2. The molecule has 1 amide bonds. The Morgan fingerprint density at radius 3 is 2.68 bits per heavy atom. The van der Waals surface area contributed by atoms with E-state index >= 15 is 0 Å². The lowest BCUT2D eigenvalue weighted by molar-refractivity contribution is -0.145. The molecule has 3 rings (SSSR count). The van der Waals surface area contributed by atoms with Gasteiger partial charge in [0, 0.05) is 16.2 Å². The van der Waals surface area contributed by atoms with Gasteiger partial charge in [0.05, 0.1) is 11.8 Å². The normalized spacial score (nSPS) is 19.9. The zero-order valence-electron chi connectivity index (χ0n) is 11.5. The summed E-state index contributed by atoms with van der Waals surface area (Å²) in [4.78, 5) is 36.9. The van der Waals surface area contributed by atoms with Gasteiger partial charge in [0.15, 0.2) is 0 Å². The van der Waals surface area contributed by atoms with Crippen LogP contribution < -0.4 is 0 Å². The topological polar surface area (TPSA) is 74.7 Å². The number of carboxylic acid groups (broad SMARTS) is 1. The van der Waals surface area contributed by atoms with Crippen molar-refractivity contribution in [3.8, 4) is 0 Å². The number of hydrogen-bond acceptors (Lipinski definition) is 5. The molecule has 1 fully saturated rings. The minimum absolute atomic E-state index is 0.0274. The van der Waals surface area contributed by atoms with Crippen molar-refractivity contribution in [3.63, 3.8) is 0 Å². The number of nitrogens with zero attached hydrogens (tertiary/aromatic N) is 1. The standard InChI is InChI=1S/C15H13NO4S2/c17-11-8-12-16(11)13(14(18)19)10(22-12)6-7-21-15(20)9-4-2-1-3-5-9/h1-5,12H,6-8H2,(H,18,19). The molecule has 0 radical (unpaired) electrons. The number of amides is 1. The highest BCUT2D eigenvalue weighted by molar-refractivity contribution is 8.14. The van der Waals surface area contributed by atoms with Crippen LogP contribution in [0.25, 0.3) is 0 Å². The first-order chi connectivity index (χ1) is 10.6. The maximum Gasteiger partial charge on any atom is 0.353 e. The average molecular weight is 335 g/mol. The molecule has 114 valence electrons. The number of thioether (sulfide) groups is 2. The molecule has 0 aliphatic carbocycles. The van der Waals surface area contributed by atoms with Crippen molar-refractivity contribution in [3.05, 3.63) is 46.5 Å². The molecule has 5 nitrogen and oxygen atoms in total. The summed E-state index contributed by atoms with van der Waals surface area (Å²) in [5.41, 5.74) is 0.733. The number of hydrogen-bond donors (Lipinski definition) is 1. The summed E-state index contributed by atoms with van der Waals surface area (Å²) in [6.07, 6.45) is 0.872. The van der Waals surface area contributed by atoms with E-state index in [1.165, 1.54) is 28.4 Å². The maximum atomic E-state index is 12.0. The largest absolute Gasteiger partial charge is 0.477 e. The number of carbonyl (C=O) groups is 3. The van der Waals surface area contributed by atoms with Crippen molar-refractivity contribution >= 4 is 40.5 Å². The summed E-state index contributed by atoms with van der Waals surface area (Å²) in [5, 5.41) is 9.18. The number of fused-ring (bicyclic) bond motifs is 1. The molecule has 2 aliphatic heterocycles. The summed E-state index contributed by atoms with van der Waals surface area (Å²) < 4.78 is 0. The highest BCUT2D eigenvalue weighted by Crippen LogP contribution is 2.47. The molecular weight excluding hydrogens is 322 g/mol. The Hall–Kier alpha value is -1.73. The fourth-order valence-corrected chi connectivity index (χ4v) is 4.72. The van der Waals surface area contributed by atoms with E-state index in [2.05, 4.69) is 0 Å². The Kier molecular flexibility index (Phi) is 4.26. The van der Waals surface area contributed by atoms with Crippen molar-refractivity contribution in [1.82, 2.24) is 4.90 Å². The Morgan fingerprint density at radius 1 is 1.32 bits per heavy atom. The quantitative estimate of drug-likeness (QED) is 0.834. The zero-order chi connectivity index (χ0) is 15.7. The van der Waals surface area contributed by atoms with Crippen molar-refractivity contribution in [2.45, 2.75) is 18.2 Å². The summed E-state index contributed by atoms with van der Waals surface area (Å²) in [6, 6.07) is 8.98. The lowest BCUT2D eigenvalue weighted by Gasteiger charge is -2.33. The van der Waals surface area contributed by atoms with Crippen LogP contribution in [-0.2, 0) is 9.59 Å². The van der Waals surface area contributed by atoms with Crippen LogP contribution in [0.5, 0.6) is 0 Å². The number of carbonyl (C=O) groups excluding carboxylic acids is 2. The van der Waals surface area contributed by atoms with E-state index < -0.39 is 5.97 Å². The van der Waals surface area contributed by atoms with Gasteiger partial charge in [0.1, 0.15) is 5.70 Å². The molecule has 0 saturated carbocycles. The lowest BCUT2D eigenvalue weighted by atomic mass is 10.1. The Bertz CT molecular complexity index is 671. The third-order valence-electron chi connectivity index (χ3n) is 3.46. The Morgan fingerprint density at radius 2 is 2.05 bits per heavy atom. The van der Waals surface area contributed by atoms with Gasteiger partial charge >= 0.3 is 5.97 Å². The van der Waals surface area contributed by atoms with Crippen LogP contribution in [0.4, 0.5) is 0 Å². The molecule has 1 atom stereocenters. The minimum atomic E-state index is -1.07. The smallest absolute Gasteiger partial charge is 0.353 e. The maximum absolute atomic E-state index is 12.0. The Labute approximate surface area is 135 Å². The predicted molar refractivity (Wildman–Crippen MR) is 85.4 cm³/mol. The van der Waals surface area contributed by atoms with E-state index in [4.69, 9.17) is 0 Å². The molecule has 2 aliphatic rings. The van der Waals surface area contributed by atoms with Crippen molar-refractivity contribution < 1.29 is 19.5 Å². The molecule has 1 aromatic rings. The minimum Gasteiger partial charge on any atom is -0.477 e. The van der Waals surface area contributed by atoms with E-state index in [9.17, 15) is 19.5 Å². The lowest BCUT2D eigenvalue weighted by Crippen LogP contribution is -2.48. The predicted octanol–water partition coefficient (Wildman–Crippen LogP) is 2.55. The monoisotopic (exact) mass is 335 g/mol. The highest BCUT2D eigenvalue weighted by Gasteiger charge is 2.48. The first-order valence-electron chi connectivity index (χ1n) is 6.75. The van der Waals surface area contributed by atoms with Gasteiger partial charge in [-0.1, -0.05) is 42.1 Å². The van der Waals surface area contributed by atoms with Crippen LogP contribution >= 0.6 is 23.5 Å². The van der Waals surface area contributed by atoms with Gasteiger partial charge in [-0.3, -0.25) is 14.5 Å². The van der Waals surface area contributed by atoms with Gasteiger partial charge in [0.25, 0.3) is 0 Å². The Balaban J connectivity index is 1.61. The summed E-state index contributed by atoms with van der Waals surface area (Å²) in [6.45, 7) is 0. The van der Waals surface area contributed by atoms with Crippen LogP contribution in [0.15, 0.2) is 40.9 Å². The fourth-order valence-electron chi connectivity index (χ4n) is 2.40. The van der Waals surface area contributed by atoms with Crippen molar-refractivity contribution in [2.24, 2.45) is 0 Å². The second kappa shape index (κ2) is 6.18. The molecule has 1 N–H and O–H groups in total. The fraction of sp³-hybridized carbons (Fsp3) is 0.267. The highest BCUT2D eigenvalue weighted by atomic mass is 32.2. The van der Waals surface area contributed by atoms with Crippen molar-refractivity contribution in [1.29, 1.82) is 0 Å². The molecule has 1 saturated heterocycles. The first kappa shape index (κ1) is 15.2. The number of aliphatic carboxylic acids is 1. The zero-order valence-corrected chi connectivity index (χ0v) is 13.2. The third-order valence-corrected chi connectivity index (χ3v) is 5.70. The summed E-state index contributed by atoms with van der Waals surface area (Å²) >= 11 is 2.60. The van der Waals surface area contributed by atoms with Crippen LogP contribution in [0.2, 0.25) is 0 Å². The van der Waals surface area contributed by atoms with E-state index in [1.807, 2.05) is 18.2 Å².